The van der Waals surface area contributed by atoms with E-state index in [9.17, 15) is 9.18 Å². The van der Waals surface area contributed by atoms with Gasteiger partial charge in [-0.1, -0.05) is 70.3 Å². The molecular weight excluding hydrogens is 361 g/mol. The molecule has 2 N–H and O–H groups in total. The number of nitrogens with two attached hydrogens (primary N) is 1. The summed E-state index contributed by atoms with van der Waals surface area (Å²) in [6.07, 6.45) is 4.21. The van der Waals surface area contributed by atoms with Crippen LogP contribution in [-0.4, -0.2) is 5.78 Å². The fourth-order valence-electron chi connectivity index (χ4n) is 2.55. The number of ketones is 1. The van der Waals surface area contributed by atoms with Gasteiger partial charge < -0.3 is 5.73 Å². The van der Waals surface area contributed by atoms with Crippen LogP contribution < -0.4 is 5.73 Å². The zero-order valence-electron chi connectivity index (χ0n) is 17.2. The first-order chi connectivity index (χ1) is 12.9. The number of nitrogen functional groups attached to an aromatic ring is 1. The van der Waals surface area contributed by atoms with Crippen LogP contribution in [0.3, 0.4) is 0 Å². The lowest BCUT2D eigenvalue weighted by atomic mass is 10.0. The van der Waals surface area contributed by atoms with Gasteiger partial charge in [0.2, 0.25) is 0 Å². The van der Waals surface area contributed by atoms with Crippen LogP contribution in [0.15, 0.2) is 36.4 Å². The molecule has 0 unspecified atom stereocenters. The van der Waals surface area contributed by atoms with Gasteiger partial charge in [0, 0.05) is 22.7 Å². The summed E-state index contributed by atoms with van der Waals surface area (Å²) in [5, 5.41) is 0.783. The first-order valence-corrected chi connectivity index (χ1v) is 10.1. The van der Waals surface area contributed by atoms with Crippen LogP contribution in [0.5, 0.6) is 0 Å². The Morgan fingerprint density at radius 1 is 1.07 bits per heavy atom. The summed E-state index contributed by atoms with van der Waals surface area (Å²) in [7, 11) is 0. The van der Waals surface area contributed by atoms with Gasteiger partial charge in [-0.2, -0.15) is 0 Å². The molecule has 0 heterocycles. The predicted molar refractivity (Wildman–Crippen MR) is 116 cm³/mol. The first-order valence-electron chi connectivity index (χ1n) is 9.68. The van der Waals surface area contributed by atoms with Crippen LogP contribution in [0.2, 0.25) is 5.02 Å². The highest BCUT2D eigenvalue weighted by atomic mass is 35.5. The van der Waals surface area contributed by atoms with Gasteiger partial charge in [-0.25, -0.2) is 4.39 Å². The lowest BCUT2D eigenvalue weighted by molar-refractivity contribution is -0.116. The number of halogens is 2. The average Bonchev–Trinajstić information content (AvgIpc) is 2.63. The molecule has 2 aromatic carbocycles. The van der Waals surface area contributed by atoms with Crippen LogP contribution >= 0.6 is 11.6 Å². The van der Waals surface area contributed by atoms with Crippen molar-refractivity contribution in [2.24, 2.45) is 0 Å². The number of anilines is 1. The summed E-state index contributed by atoms with van der Waals surface area (Å²) in [6, 6.07) is 10.7. The highest BCUT2D eigenvalue weighted by Crippen LogP contribution is 2.20. The standard InChI is InChI=1S/C12H15ClO.C9H12FN.C2H6/c1-3-4-11-6-5-10(7-9(2)14)8-12(11)13;1-2-4-7-8(10)5-3-6-9(7)11;1-2/h5-6,8H,3-4,7H2,1-2H3;3,5-6H,2,4,11H2,1H3;1-2H3. The molecule has 2 nitrogen and oxygen atoms in total. The van der Waals surface area contributed by atoms with Crippen LogP contribution in [0, 0.1) is 5.82 Å². The molecule has 0 atom stereocenters. The van der Waals surface area contributed by atoms with Crippen molar-refractivity contribution in [2.45, 2.75) is 66.7 Å². The molecule has 4 heteroatoms. The number of hydrogen-bond donors (Lipinski definition) is 1. The Balaban J connectivity index is 0.000000469. The minimum absolute atomic E-state index is 0.171. The fourth-order valence-corrected chi connectivity index (χ4v) is 2.85. The van der Waals surface area contributed by atoms with Gasteiger partial charge in [0.15, 0.2) is 0 Å². The van der Waals surface area contributed by atoms with Crippen molar-refractivity contribution < 1.29 is 9.18 Å². The van der Waals surface area contributed by atoms with Crippen LogP contribution in [-0.2, 0) is 24.1 Å². The molecule has 2 aromatic rings. The molecule has 0 saturated carbocycles. The zero-order chi connectivity index (χ0) is 20.8. The van der Waals surface area contributed by atoms with E-state index >= 15 is 0 Å². The summed E-state index contributed by atoms with van der Waals surface area (Å²) in [5.41, 5.74) is 8.95. The summed E-state index contributed by atoms with van der Waals surface area (Å²) in [5.74, 6) is -0.0174. The highest BCUT2D eigenvalue weighted by molar-refractivity contribution is 6.31. The fraction of sp³-hybridized carbons (Fsp3) is 0.435. The van der Waals surface area contributed by atoms with E-state index in [1.165, 1.54) is 11.6 Å². The minimum Gasteiger partial charge on any atom is -0.398 e. The number of hydrogen-bond acceptors (Lipinski definition) is 2. The first kappa shape index (κ1) is 25.1. The molecule has 0 spiro atoms. The third-order valence-electron chi connectivity index (χ3n) is 3.74. The lowest BCUT2D eigenvalue weighted by Gasteiger charge is -2.04. The maximum atomic E-state index is 13.0. The predicted octanol–water partition coefficient (Wildman–Crippen LogP) is 6.81. The van der Waals surface area contributed by atoms with Gasteiger partial charge in [-0.3, -0.25) is 4.79 Å². The van der Waals surface area contributed by atoms with E-state index in [0.29, 0.717) is 17.7 Å². The van der Waals surface area contributed by atoms with Crippen LogP contribution in [0.25, 0.3) is 0 Å². The van der Waals surface area contributed by atoms with Crippen molar-refractivity contribution in [1.82, 2.24) is 0 Å². The molecule has 0 amide bonds. The van der Waals surface area contributed by atoms with Crippen molar-refractivity contribution in [2.75, 3.05) is 5.73 Å². The number of carbonyl (C=O) groups is 1. The molecule has 0 bridgehead atoms. The van der Waals surface area contributed by atoms with E-state index in [2.05, 4.69) is 6.92 Å². The Hall–Kier alpha value is -1.87. The molecule has 27 heavy (non-hydrogen) atoms. The number of Topliss-reactive ketones (excluding diaryl/α,β-unsaturated/α-hetero) is 1. The van der Waals surface area contributed by atoms with Crippen molar-refractivity contribution in [3.8, 4) is 0 Å². The summed E-state index contributed by atoms with van der Waals surface area (Å²) in [4.78, 5) is 10.9. The molecule has 0 aliphatic rings. The largest absolute Gasteiger partial charge is 0.398 e. The lowest BCUT2D eigenvalue weighted by Crippen LogP contribution is -1.97. The maximum absolute atomic E-state index is 13.0. The van der Waals surface area contributed by atoms with E-state index in [1.54, 1.807) is 19.1 Å². The van der Waals surface area contributed by atoms with Gasteiger partial charge in [0.25, 0.3) is 0 Å². The van der Waals surface area contributed by atoms with E-state index in [1.807, 2.05) is 39.0 Å². The Kier molecular flexibility index (Phi) is 13.2. The van der Waals surface area contributed by atoms with E-state index in [-0.39, 0.29) is 11.6 Å². The average molecular weight is 394 g/mol. The minimum atomic E-state index is -0.188. The van der Waals surface area contributed by atoms with E-state index < -0.39 is 0 Å². The quantitative estimate of drug-likeness (QED) is 0.547. The SMILES string of the molecule is CC.CCCc1c(N)cccc1F.CCCc1ccc(CC(C)=O)cc1Cl. The number of benzene rings is 2. The van der Waals surface area contributed by atoms with Gasteiger partial charge in [-0.15, -0.1) is 0 Å². The van der Waals surface area contributed by atoms with Crippen LogP contribution in [0.1, 0.15) is 64.2 Å². The Bertz CT molecular complexity index is 681. The molecule has 0 aliphatic carbocycles. The van der Waals surface area contributed by atoms with Gasteiger partial charge in [-0.05, 0) is 49.1 Å². The normalized spacial score (nSPS) is 9.59. The third-order valence-corrected chi connectivity index (χ3v) is 4.10. The summed E-state index contributed by atoms with van der Waals surface area (Å²) in [6.45, 7) is 9.72. The third kappa shape index (κ3) is 9.58. The molecular formula is C23H33ClFNO. The van der Waals surface area contributed by atoms with Gasteiger partial charge >= 0.3 is 0 Å². The Morgan fingerprint density at radius 2 is 1.70 bits per heavy atom. The highest BCUT2D eigenvalue weighted by Gasteiger charge is 2.03. The van der Waals surface area contributed by atoms with Crippen molar-refractivity contribution in [3.63, 3.8) is 0 Å². The smallest absolute Gasteiger partial charge is 0.134 e. The summed E-state index contributed by atoms with van der Waals surface area (Å²) >= 11 is 6.08. The topological polar surface area (TPSA) is 43.1 Å². The summed E-state index contributed by atoms with van der Waals surface area (Å²) < 4.78 is 13.0. The number of carbonyl (C=O) groups excluding carboxylic acids is 1. The molecule has 0 aromatic heterocycles. The van der Waals surface area contributed by atoms with Gasteiger partial charge in [0.05, 0.1) is 0 Å². The zero-order valence-corrected chi connectivity index (χ0v) is 18.0. The molecule has 150 valence electrons. The van der Waals surface area contributed by atoms with Crippen molar-refractivity contribution in [1.29, 1.82) is 0 Å². The van der Waals surface area contributed by atoms with E-state index in [0.717, 1.165) is 36.3 Å². The molecule has 0 radical (unpaired) electrons. The van der Waals surface area contributed by atoms with Gasteiger partial charge in [0.1, 0.15) is 11.6 Å². The second-order valence-electron chi connectivity index (χ2n) is 6.11. The molecule has 0 saturated heterocycles. The van der Waals surface area contributed by atoms with Crippen molar-refractivity contribution >= 4 is 23.1 Å². The number of rotatable bonds is 6. The monoisotopic (exact) mass is 393 g/mol. The van der Waals surface area contributed by atoms with Crippen molar-refractivity contribution in [3.05, 3.63) is 63.9 Å². The molecule has 2 rings (SSSR count). The maximum Gasteiger partial charge on any atom is 0.134 e. The Labute approximate surface area is 168 Å². The van der Waals surface area contributed by atoms with Crippen LogP contribution in [0.4, 0.5) is 10.1 Å². The number of aryl methyl sites for hydroxylation is 1. The second-order valence-corrected chi connectivity index (χ2v) is 6.52. The second kappa shape index (κ2) is 14.2. The molecule has 0 aliphatic heterocycles. The molecule has 0 fully saturated rings. The Morgan fingerprint density at radius 3 is 2.19 bits per heavy atom. The van der Waals surface area contributed by atoms with E-state index in [4.69, 9.17) is 17.3 Å².